The fourth-order valence-electron chi connectivity index (χ4n) is 3.24. The maximum Gasteiger partial charge on any atom is 0.289 e. The molecular formula is C26H24ClN5O2. The molecule has 0 aliphatic heterocycles. The average Bonchev–Trinajstić information content (AvgIpc) is 3.34. The van der Waals surface area contributed by atoms with Crippen molar-refractivity contribution in [1.29, 1.82) is 0 Å². The summed E-state index contributed by atoms with van der Waals surface area (Å²) in [6.07, 6.45) is 1.59. The Bertz CT molecular complexity index is 1300. The van der Waals surface area contributed by atoms with Crippen molar-refractivity contribution < 1.29 is 9.53 Å². The number of halogens is 1. The number of carbonyl (C=O) groups excluding carboxylic acids is 1. The summed E-state index contributed by atoms with van der Waals surface area (Å²) in [5, 5.41) is 11.7. The SMILES string of the molecule is CN(C)c1ccc(/C=N\NC(=O)c2cc(-c3ccccc3OCc3ccccc3Cl)n[nH]2)cc1. The molecule has 1 aromatic heterocycles. The molecule has 0 saturated carbocycles. The number of nitrogens with one attached hydrogen (secondary N) is 2. The van der Waals surface area contributed by atoms with E-state index in [0.29, 0.717) is 23.1 Å². The number of carbonyl (C=O) groups is 1. The lowest BCUT2D eigenvalue weighted by atomic mass is 10.1. The van der Waals surface area contributed by atoms with E-state index in [1.807, 2.05) is 91.8 Å². The Balaban J connectivity index is 1.42. The maximum atomic E-state index is 12.5. The summed E-state index contributed by atoms with van der Waals surface area (Å²) in [5.41, 5.74) is 7.00. The van der Waals surface area contributed by atoms with Crippen molar-refractivity contribution in [3.8, 4) is 17.0 Å². The van der Waals surface area contributed by atoms with Gasteiger partial charge >= 0.3 is 0 Å². The quantitative estimate of drug-likeness (QED) is 0.274. The molecule has 172 valence electrons. The molecule has 0 unspecified atom stereocenters. The molecule has 4 rings (SSSR count). The average molecular weight is 474 g/mol. The predicted molar refractivity (Wildman–Crippen MR) is 136 cm³/mol. The van der Waals surface area contributed by atoms with Crippen molar-refractivity contribution in [2.75, 3.05) is 19.0 Å². The Labute approximate surface area is 203 Å². The van der Waals surface area contributed by atoms with E-state index in [1.54, 1.807) is 12.3 Å². The molecule has 0 aliphatic carbocycles. The third-order valence-corrected chi connectivity index (χ3v) is 5.48. The second kappa shape index (κ2) is 10.7. The van der Waals surface area contributed by atoms with E-state index in [1.165, 1.54) is 0 Å². The van der Waals surface area contributed by atoms with Crippen LogP contribution < -0.4 is 15.1 Å². The van der Waals surface area contributed by atoms with Gasteiger partial charge in [0.2, 0.25) is 0 Å². The number of H-pyrrole nitrogens is 1. The lowest BCUT2D eigenvalue weighted by Crippen LogP contribution is -2.18. The zero-order valence-corrected chi connectivity index (χ0v) is 19.6. The molecule has 1 amide bonds. The van der Waals surface area contributed by atoms with E-state index in [9.17, 15) is 4.79 Å². The highest BCUT2D eigenvalue weighted by Crippen LogP contribution is 2.30. The molecule has 7 nitrogen and oxygen atoms in total. The summed E-state index contributed by atoms with van der Waals surface area (Å²) in [6, 6.07) is 24.5. The van der Waals surface area contributed by atoms with Gasteiger partial charge in [-0.25, -0.2) is 5.43 Å². The van der Waals surface area contributed by atoms with Crippen LogP contribution in [0.1, 0.15) is 21.6 Å². The van der Waals surface area contributed by atoms with Crippen molar-refractivity contribution in [1.82, 2.24) is 15.6 Å². The normalized spacial score (nSPS) is 10.9. The van der Waals surface area contributed by atoms with E-state index < -0.39 is 5.91 Å². The monoisotopic (exact) mass is 473 g/mol. The number of amides is 1. The Morgan fingerprint density at radius 3 is 2.59 bits per heavy atom. The van der Waals surface area contributed by atoms with Crippen LogP contribution in [0.25, 0.3) is 11.3 Å². The fraction of sp³-hybridized carbons (Fsp3) is 0.115. The number of anilines is 1. The van der Waals surface area contributed by atoms with Crippen LogP contribution >= 0.6 is 11.6 Å². The minimum atomic E-state index is -0.394. The van der Waals surface area contributed by atoms with Gasteiger partial charge in [-0.3, -0.25) is 9.89 Å². The number of aromatic nitrogens is 2. The Morgan fingerprint density at radius 2 is 1.82 bits per heavy atom. The Morgan fingerprint density at radius 1 is 1.09 bits per heavy atom. The number of ether oxygens (including phenoxy) is 1. The van der Waals surface area contributed by atoms with Crippen LogP contribution in [0, 0.1) is 0 Å². The molecule has 3 aromatic carbocycles. The van der Waals surface area contributed by atoms with E-state index in [2.05, 4.69) is 20.7 Å². The summed E-state index contributed by atoms with van der Waals surface area (Å²) in [5.74, 6) is 0.245. The lowest BCUT2D eigenvalue weighted by molar-refractivity contribution is 0.0950. The molecule has 0 saturated heterocycles. The third kappa shape index (κ3) is 5.63. The number of hydrogen-bond donors (Lipinski definition) is 2. The highest BCUT2D eigenvalue weighted by atomic mass is 35.5. The second-order valence-electron chi connectivity index (χ2n) is 7.73. The van der Waals surface area contributed by atoms with E-state index in [0.717, 1.165) is 22.4 Å². The van der Waals surface area contributed by atoms with Crippen LogP contribution in [0.2, 0.25) is 5.02 Å². The van der Waals surface area contributed by atoms with Crippen molar-refractivity contribution in [3.05, 3.63) is 101 Å². The zero-order chi connectivity index (χ0) is 23.9. The van der Waals surface area contributed by atoms with Crippen LogP contribution in [0.5, 0.6) is 5.75 Å². The van der Waals surface area contributed by atoms with Crippen LogP contribution in [0.15, 0.2) is 84.0 Å². The van der Waals surface area contributed by atoms with Crippen molar-refractivity contribution in [2.45, 2.75) is 6.61 Å². The number of hydrogen-bond acceptors (Lipinski definition) is 5. The van der Waals surface area contributed by atoms with Crippen LogP contribution in [0.3, 0.4) is 0 Å². The highest BCUT2D eigenvalue weighted by Gasteiger charge is 2.14. The van der Waals surface area contributed by atoms with E-state index in [4.69, 9.17) is 16.3 Å². The lowest BCUT2D eigenvalue weighted by Gasteiger charge is -2.11. The predicted octanol–water partition coefficient (Wildman–Crippen LogP) is 5.14. The van der Waals surface area contributed by atoms with E-state index >= 15 is 0 Å². The van der Waals surface area contributed by atoms with Gasteiger partial charge in [-0.2, -0.15) is 10.2 Å². The molecule has 0 bridgehead atoms. The van der Waals surface area contributed by atoms with Crippen molar-refractivity contribution in [2.24, 2.45) is 5.10 Å². The largest absolute Gasteiger partial charge is 0.488 e. The second-order valence-corrected chi connectivity index (χ2v) is 8.14. The van der Waals surface area contributed by atoms with Gasteiger partial charge < -0.3 is 9.64 Å². The topological polar surface area (TPSA) is 82.6 Å². The summed E-state index contributed by atoms with van der Waals surface area (Å²) in [4.78, 5) is 14.5. The number of benzene rings is 3. The summed E-state index contributed by atoms with van der Waals surface area (Å²) < 4.78 is 6.00. The van der Waals surface area contributed by atoms with Crippen molar-refractivity contribution >= 4 is 29.4 Å². The first-order valence-corrected chi connectivity index (χ1v) is 11.0. The molecule has 8 heteroatoms. The zero-order valence-electron chi connectivity index (χ0n) is 18.8. The minimum absolute atomic E-state index is 0.288. The number of rotatable bonds is 8. The molecule has 1 heterocycles. The molecule has 0 spiro atoms. The van der Waals surface area contributed by atoms with E-state index in [-0.39, 0.29) is 5.69 Å². The number of para-hydroxylation sites is 1. The molecular weight excluding hydrogens is 450 g/mol. The van der Waals surface area contributed by atoms with Crippen LogP contribution in [-0.4, -0.2) is 36.4 Å². The maximum absolute atomic E-state index is 12.5. The summed E-state index contributed by atoms with van der Waals surface area (Å²) in [6.45, 7) is 0.318. The number of hydrazone groups is 1. The van der Waals surface area contributed by atoms with Gasteiger partial charge in [-0.15, -0.1) is 0 Å². The number of aromatic amines is 1. The molecule has 2 N–H and O–H groups in total. The minimum Gasteiger partial charge on any atom is -0.488 e. The van der Waals surface area contributed by atoms with Crippen molar-refractivity contribution in [3.63, 3.8) is 0 Å². The van der Waals surface area contributed by atoms with Gasteiger partial charge in [0.15, 0.2) is 0 Å². The molecule has 0 radical (unpaired) electrons. The molecule has 0 fully saturated rings. The van der Waals surface area contributed by atoms with Gasteiger partial charge in [0.1, 0.15) is 18.1 Å². The van der Waals surface area contributed by atoms with Gasteiger partial charge in [-0.05, 0) is 42.0 Å². The third-order valence-electron chi connectivity index (χ3n) is 5.12. The van der Waals surface area contributed by atoms with Gasteiger partial charge in [-0.1, -0.05) is 54.1 Å². The van der Waals surface area contributed by atoms with Gasteiger partial charge in [0, 0.05) is 35.9 Å². The fourth-order valence-corrected chi connectivity index (χ4v) is 3.43. The first-order chi connectivity index (χ1) is 16.5. The first-order valence-electron chi connectivity index (χ1n) is 10.6. The first kappa shape index (κ1) is 23.1. The summed E-state index contributed by atoms with van der Waals surface area (Å²) >= 11 is 6.23. The van der Waals surface area contributed by atoms with Gasteiger partial charge in [0.25, 0.3) is 5.91 Å². The van der Waals surface area contributed by atoms with Crippen LogP contribution in [-0.2, 0) is 6.61 Å². The number of nitrogens with zero attached hydrogens (tertiary/aromatic N) is 3. The standard InChI is InChI=1S/C26H24ClN5O2/c1-32(2)20-13-11-18(12-14-20)16-28-31-26(33)24-15-23(29-30-24)21-8-4-6-10-25(21)34-17-19-7-3-5-9-22(19)27/h3-16H,17H2,1-2H3,(H,29,30)(H,31,33)/b28-16-. The van der Waals surface area contributed by atoms with Crippen LogP contribution in [0.4, 0.5) is 5.69 Å². The molecule has 0 aliphatic rings. The smallest absolute Gasteiger partial charge is 0.289 e. The molecule has 0 atom stereocenters. The molecule has 4 aromatic rings. The Hall–Kier alpha value is -4.10. The van der Waals surface area contributed by atoms with Gasteiger partial charge in [0.05, 0.1) is 11.9 Å². The Kier molecular flexibility index (Phi) is 7.25. The molecule has 34 heavy (non-hydrogen) atoms. The highest BCUT2D eigenvalue weighted by molar-refractivity contribution is 6.31. The summed E-state index contributed by atoms with van der Waals surface area (Å²) in [7, 11) is 3.96.